The molecule has 1 atom stereocenters. The molecule has 2 aliphatic rings. The van der Waals surface area contributed by atoms with Crippen LogP contribution in [-0.2, 0) is 14.3 Å². The number of piperidine rings is 1. The van der Waals surface area contributed by atoms with E-state index in [-0.39, 0.29) is 45.7 Å². The van der Waals surface area contributed by atoms with Gasteiger partial charge in [-0.1, -0.05) is 30.3 Å². The van der Waals surface area contributed by atoms with Gasteiger partial charge in [0.1, 0.15) is 11.5 Å². The van der Waals surface area contributed by atoms with Crippen LogP contribution in [-0.4, -0.2) is 52.6 Å². The van der Waals surface area contributed by atoms with Gasteiger partial charge >= 0.3 is 0 Å². The smallest absolute Gasteiger partial charge is 0.276 e. The molecule has 9 heteroatoms. The Morgan fingerprint density at radius 3 is 2.31 bits per heavy atom. The predicted molar refractivity (Wildman–Crippen MR) is 146 cm³/mol. The first-order chi connectivity index (χ1) is 18.4. The van der Waals surface area contributed by atoms with Crippen molar-refractivity contribution >= 4 is 17.6 Å². The molecule has 39 heavy (non-hydrogen) atoms. The topological polar surface area (TPSA) is 126 Å². The zero-order chi connectivity index (χ0) is 28.3. The Morgan fingerprint density at radius 1 is 1.00 bits per heavy atom. The number of hydrogen-bond acceptors (Lipinski definition) is 7. The number of amides is 2. The summed E-state index contributed by atoms with van der Waals surface area (Å²) < 4.78 is 11.7. The molecule has 2 amide bonds. The molecule has 9 nitrogen and oxygen atoms in total. The third-order valence-corrected chi connectivity index (χ3v) is 7.47. The molecule has 0 radical (unpaired) electrons. The third kappa shape index (κ3) is 6.78. The van der Waals surface area contributed by atoms with Crippen LogP contribution in [0.3, 0.4) is 0 Å². The van der Waals surface area contributed by atoms with Gasteiger partial charge in [-0.15, -0.1) is 0 Å². The average molecular weight is 538 g/mol. The molecule has 0 saturated carbocycles. The number of carbonyl (C=O) groups is 3. The van der Waals surface area contributed by atoms with Gasteiger partial charge in [-0.2, -0.15) is 0 Å². The van der Waals surface area contributed by atoms with Crippen LogP contribution in [0.25, 0.3) is 0 Å². The van der Waals surface area contributed by atoms with Gasteiger partial charge in [0.2, 0.25) is 0 Å². The van der Waals surface area contributed by atoms with E-state index in [9.17, 15) is 19.5 Å². The van der Waals surface area contributed by atoms with Crippen molar-refractivity contribution in [3.05, 3.63) is 59.7 Å². The van der Waals surface area contributed by atoms with Gasteiger partial charge in [0.15, 0.2) is 18.0 Å². The Morgan fingerprint density at radius 2 is 1.69 bits per heavy atom. The summed E-state index contributed by atoms with van der Waals surface area (Å²) in [5.41, 5.74) is 4.26. The van der Waals surface area contributed by atoms with E-state index in [4.69, 9.17) is 9.47 Å². The molecular weight excluding hydrogens is 498 g/mol. The highest BCUT2D eigenvalue weighted by molar-refractivity contribution is 6.10. The summed E-state index contributed by atoms with van der Waals surface area (Å²) in [7, 11) is 0. The van der Waals surface area contributed by atoms with Gasteiger partial charge in [0.25, 0.3) is 11.8 Å². The van der Waals surface area contributed by atoms with Gasteiger partial charge in [-0.3, -0.25) is 25.2 Å². The van der Waals surface area contributed by atoms with Gasteiger partial charge in [-0.05, 0) is 71.9 Å². The number of rotatable bonds is 7. The molecule has 2 aromatic rings. The summed E-state index contributed by atoms with van der Waals surface area (Å²) in [6, 6.07) is 12.9. The van der Waals surface area contributed by atoms with E-state index in [1.165, 1.54) is 18.2 Å². The first kappa shape index (κ1) is 28.6. The number of benzene rings is 2. The Labute approximate surface area is 229 Å². The minimum absolute atomic E-state index is 0.0164. The van der Waals surface area contributed by atoms with Crippen molar-refractivity contribution in [1.82, 2.24) is 16.2 Å². The standard InChI is InChI=1S/C30H39N3O6/c1-28(2)17-21(18-29(3,4)33-28)30(14-8-9-15-39-30)27(37)32-31-25(35)19-38-22-12-13-23(24(34)16-22)26(36)20-10-6-5-7-11-20/h5-7,10-13,16,21,33-34H,8-9,14-15,17-19H2,1-4H3,(H,31,35)(H,32,37). The monoisotopic (exact) mass is 537 g/mol. The molecule has 0 spiro atoms. The number of ether oxygens (including phenoxy) is 2. The van der Waals surface area contributed by atoms with Crippen molar-refractivity contribution in [1.29, 1.82) is 0 Å². The number of phenolic OH excluding ortho intramolecular Hbond substituents is 1. The minimum atomic E-state index is -1.02. The molecule has 0 bridgehead atoms. The molecule has 2 saturated heterocycles. The first-order valence-electron chi connectivity index (χ1n) is 13.5. The number of hydrogen-bond donors (Lipinski definition) is 4. The van der Waals surface area contributed by atoms with Crippen LogP contribution >= 0.6 is 0 Å². The second-order valence-corrected chi connectivity index (χ2v) is 11.9. The largest absolute Gasteiger partial charge is 0.507 e. The van der Waals surface area contributed by atoms with Crippen molar-refractivity contribution in [2.24, 2.45) is 5.92 Å². The van der Waals surface area contributed by atoms with Gasteiger partial charge < -0.3 is 19.9 Å². The SMILES string of the molecule is CC1(C)CC(C2(C(=O)NNC(=O)COc3ccc(C(=O)c4ccccc4)c(O)c3)CCCCO2)CC(C)(C)N1. The Hall–Kier alpha value is -3.43. The molecule has 2 fully saturated rings. The Kier molecular flexibility index (Phi) is 8.32. The van der Waals surface area contributed by atoms with Crippen molar-refractivity contribution in [2.45, 2.75) is 76.5 Å². The van der Waals surface area contributed by atoms with E-state index < -0.39 is 18.1 Å². The highest BCUT2D eigenvalue weighted by Gasteiger charge is 2.53. The molecule has 2 aliphatic heterocycles. The molecule has 210 valence electrons. The lowest BCUT2D eigenvalue weighted by atomic mass is 9.66. The van der Waals surface area contributed by atoms with E-state index in [2.05, 4.69) is 43.9 Å². The highest BCUT2D eigenvalue weighted by atomic mass is 16.5. The molecule has 4 rings (SSSR count). The third-order valence-electron chi connectivity index (χ3n) is 7.47. The van der Waals surface area contributed by atoms with Crippen LogP contribution in [0.4, 0.5) is 0 Å². The number of nitrogens with one attached hydrogen (secondary N) is 3. The summed E-state index contributed by atoms with van der Waals surface area (Å²) >= 11 is 0. The predicted octanol–water partition coefficient (Wildman–Crippen LogP) is 3.65. The zero-order valence-corrected chi connectivity index (χ0v) is 23.1. The molecular formula is C30H39N3O6. The van der Waals surface area contributed by atoms with Crippen LogP contribution in [0, 0.1) is 5.92 Å². The lowest BCUT2D eigenvalue weighted by Crippen LogP contribution is -2.66. The van der Waals surface area contributed by atoms with Crippen LogP contribution in [0.2, 0.25) is 0 Å². The number of phenols is 1. The van der Waals surface area contributed by atoms with E-state index in [0.29, 0.717) is 18.6 Å². The van der Waals surface area contributed by atoms with E-state index >= 15 is 0 Å². The van der Waals surface area contributed by atoms with Crippen molar-refractivity contribution in [2.75, 3.05) is 13.2 Å². The summed E-state index contributed by atoms with van der Waals surface area (Å²) in [5.74, 6) is -1.29. The van der Waals surface area contributed by atoms with Crippen LogP contribution < -0.4 is 20.9 Å². The highest BCUT2D eigenvalue weighted by Crippen LogP contribution is 2.44. The van der Waals surface area contributed by atoms with Gasteiger partial charge in [0.05, 0.1) is 5.56 Å². The number of aromatic hydroxyl groups is 1. The zero-order valence-electron chi connectivity index (χ0n) is 23.1. The minimum Gasteiger partial charge on any atom is -0.507 e. The first-order valence-corrected chi connectivity index (χ1v) is 13.5. The molecule has 0 aromatic heterocycles. The molecule has 2 heterocycles. The second-order valence-electron chi connectivity index (χ2n) is 11.9. The summed E-state index contributed by atoms with van der Waals surface area (Å²) in [6.45, 7) is 8.65. The van der Waals surface area contributed by atoms with Crippen LogP contribution in [0.1, 0.15) is 75.7 Å². The summed E-state index contributed by atoms with van der Waals surface area (Å²) in [6.07, 6.45) is 3.91. The van der Waals surface area contributed by atoms with Crippen LogP contribution in [0.5, 0.6) is 11.5 Å². The quantitative estimate of drug-likeness (QED) is 0.314. The maximum Gasteiger partial charge on any atom is 0.276 e. The fourth-order valence-corrected chi connectivity index (χ4v) is 6.11. The van der Waals surface area contributed by atoms with Crippen molar-refractivity contribution in [3.8, 4) is 11.5 Å². The number of hydrazine groups is 1. The van der Waals surface area contributed by atoms with E-state index in [1.54, 1.807) is 30.3 Å². The maximum atomic E-state index is 13.5. The van der Waals surface area contributed by atoms with Crippen LogP contribution in [0.15, 0.2) is 48.5 Å². The number of carbonyl (C=O) groups excluding carboxylic acids is 3. The van der Waals surface area contributed by atoms with E-state index in [0.717, 1.165) is 25.7 Å². The van der Waals surface area contributed by atoms with Gasteiger partial charge in [-0.25, -0.2) is 0 Å². The normalized spacial score (nSPS) is 22.5. The second kappa shape index (κ2) is 11.4. The molecule has 2 aromatic carbocycles. The summed E-state index contributed by atoms with van der Waals surface area (Å²) in [5, 5.41) is 14.0. The van der Waals surface area contributed by atoms with Crippen molar-refractivity contribution < 1.29 is 29.0 Å². The number of ketones is 1. The average Bonchev–Trinajstić information content (AvgIpc) is 2.89. The Bertz CT molecular complexity index is 1190. The fourth-order valence-electron chi connectivity index (χ4n) is 6.11. The molecule has 0 aliphatic carbocycles. The lowest BCUT2D eigenvalue weighted by molar-refractivity contribution is -0.173. The molecule has 1 unspecified atom stereocenters. The fraction of sp³-hybridized carbons (Fsp3) is 0.500. The van der Waals surface area contributed by atoms with Crippen molar-refractivity contribution in [3.63, 3.8) is 0 Å². The van der Waals surface area contributed by atoms with Gasteiger partial charge in [0, 0.05) is 35.2 Å². The van der Waals surface area contributed by atoms with E-state index in [1.807, 2.05) is 0 Å². The molecule has 4 N–H and O–H groups in total. The Balaban J connectivity index is 1.35. The lowest BCUT2D eigenvalue weighted by Gasteiger charge is -2.52. The maximum absolute atomic E-state index is 13.5. The summed E-state index contributed by atoms with van der Waals surface area (Å²) in [4.78, 5) is 38.6.